The van der Waals surface area contributed by atoms with Crippen LogP contribution < -0.4 is 10.6 Å². The average molecular weight is 270 g/mol. The molecule has 0 fully saturated rings. The minimum absolute atomic E-state index is 0.223. The number of nitrogens with zero attached hydrogens (tertiary/aromatic N) is 1. The molecule has 1 aromatic rings. The smallest absolute Gasteiger partial charge is 0.123 e. The van der Waals surface area contributed by atoms with Crippen LogP contribution in [0.25, 0.3) is 0 Å². The maximum Gasteiger partial charge on any atom is 0.123 e. The van der Waals surface area contributed by atoms with Gasteiger partial charge in [-0.25, -0.2) is 4.39 Å². The lowest BCUT2D eigenvalue weighted by Crippen LogP contribution is -2.30. The Hall–Kier alpha value is -1.17. The van der Waals surface area contributed by atoms with Gasteiger partial charge < -0.3 is 20.1 Å². The number of benzene rings is 1. The van der Waals surface area contributed by atoms with E-state index in [9.17, 15) is 4.39 Å². The molecule has 0 aliphatic rings. The number of halogens is 1. The summed E-state index contributed by atoms with van der Waals surface area (Å²) in [5, 5.41) is 0. The molecule has 0 heterocycles. The van der Waals surface area contributed by atoms with Gasteiger partial charge in [0.15, 0.2) is 0 Å². The maximum absolute atomic E-state index is 12.9. The van der Waals surface area contributed by atoms with Gasteiger partial charge in [0.25, 0.3) is 0 Å². The van der Waals surface area contributed by atoms with Crippen molar-refractivity contribution in [2.75, 3.05) is 51.5 Å². The fraction of sp³-hybridized carbons (Fsp3) is 0.571. The van der Waals surface area contributed by atoms with E-state index in [2.05, 4.69) is 4.90 Å². The molecule has 0 saturated carbocycles. The van der Waals surface area contributed by atoms with E-state index in [1.54, 1.807) is 19.2 Å². The van der Waals surface area contributed by atoms with E-state index in [4.69, 9.17) is 15.2 Å². The fourth-order valence-corrected chi connectivity index (χ4v) is 1.72. The van der Waals surface area contributed by atoms with E-state index >= 15 is 0 Å². The molecule has 19 heavy (non-hydrogen) atoms. The highest BCUT2D eigenvalue weighted by Crippen LogP contribution is 2.14. The third kappa shape index (κ3) is 6.52. The number of methoxy groups -OCH3 is 1. The van der Waals surface area contributed by atoms with Gasteiger partial charge in [-0.2, -0.15) is 0 Å². The van der Waals surface area contributed by atoms with Gasteiger partial charge in [0.05, 0.1) is 19.8 Å². The summed E-state index contributed by atoms with van der Waals surface area (Å²) in [7, 11) is 1.65. The summed E-state index contributed by atoms with van der Waals surface area (Å²) in [6, 6.07) is 6.50. The van der Waals surface area contributed by atoms with Crippen LogP contribution >= 0.6 is 0 Å². The molecule has 4 nitrogen and oxygen atoms in total. The van der Waals surface area contributed by atoms with E-state index in [0.717, 1.165) is 25.2 Å². The van der Waals surface area contributed by atoms with Crippen molar-refractivity contribution in [2.45, 2.75) is 6.42 Å². The Morgan fingerprint density at radius 3 is 2.47 bits per heavy atom. The van der Waals surface area contributed by atoms with E-state index in [-0.39, 0.29) is 5.82 Å². The summed E-state index contributed by atoms with van der Waals surface area (Å²) < 4.78 is 23.3. The van der Waals surface area contributed by atoms with Gasteiger partial charge in [-0.3, -0.25) is 0 Å². The van der Waals surface area contributed by atoms with Crippen LogP contribution in [0.3, 0.4) is 0 Å². The molecule has 0 atom stereocenters. The zero-order valence-electron chi connectivity index (χ0n) is 11.5. The van der Waals surface area contributed by atoms with Crippen LogP contribution in [-0.4, -0.2) is 46.6 Å². The highest BCUT2D eigenvalue weighted by atomic mass is 19.1. The lowest BCUT2D eigenvalue weighted by Gasteiger charge is -2.24. The number of hydrogen-bond donors (Lipinski definition) is 1. The van der Waals surface area contributed by atoms with Gasteiger partial charge in [-0.05, 0) is 37.2 Å². The Balaban J connectivity index is 2.44. The number of ether oxygens (including phenoxy) is 2. The topological polar surface area (TPSA) is 47.7 Å². The van der Waals surface area contributed by atoms with Crippen molar-refractivity contribution in [3.05, 3.63) is 30.1 Å². The molecule has 0 spiro atoms. The van der Waals surface area contributed by atoms with Crippen LogP contribution in [-0.2, 0) is 9.47 Å². The molecule has 0 radical (unpaired) electrons. The summed E-state index contributed by atoms with van der Waals surface area (Å²) in [4.78, 5) is 2.15. The van der Waals surface area contributed by atoms with Crippen molar-refractivity contribution in [1.29, 1.82) is 0 Å². The lowest BCUT2D eigenvalue weighted by molar-refractivity contribution is 0.0740. The standard InChI is InChI=1S/C14H23FN2O2/c1-18-11-12-19-10-9-17(8-2-7-16)14-5-3-13(15)4-6-14/h3-6H,2,7-12,16H2,1H3. The fourth-order valence-electron chi connectivity index (χ4n) is 1.72. The molecular weight excluding hydrogens is 247 g/mol. The van der Waals surface area contributed by atoms with Crippen LogP contribution in [0.4, 0.5) is 10.1 Å². The Kier molecular flexibility index (Phi) is 8.13. The molecule has 1 aromatic carbocycles. The largest absolute Gasteiger partial charge is 0.382 e. The summed E-state index contributed by atoms with van der Waals surface area (Å²) >= 11 is 0. The first-order chi connectivity index (χ1) is 9.27. The Morgan fingerprint density at radius 1 is 1.11 bits per heavy atom. The first-order valence-corrected chi connectivity index (χ1v) is 6.55. The highest BCUT2D eigenvalue weighted by molar-refractivity contribution is 5.46. The molecule has 0 aliphatic carbocycles. The average Bonchev–Trinajstić information content (AvgIpc) is 2.43. The van der Waals surface area contributed by atoms with Crippen molar-refractivity contribution < 1.29 is 13.9 Å². The highest BCUT2D eigenvalue weighted by Gasteiger charge is 2.06. The predicted molar refractivity (Wildman–Crippen MR) is 75.0 cm³/mol. The normalized spacial score (nSPS) is 10.7. The Bertz CT molecular complexity index is 333. The van der Waals surface area contributed by atoms with E-state index in [0.29, 0.717) is 26.4 Å². The van der Waals surface area contributed by atoms with Crippen molar-refractivity contribution in [3.8, 4) is 0 Å². The van der Waals surface area contributed by atoms with Crippen molar-refractivity contribution in [2.24, 2.45) is 5.73 Å². The summed E-state index contributed by atoms with van der Waals surface area (Å²) in [5.74, 6) is -0.223. The van der Waals surface area contributed by atoms with Crippen LogP contribution in [0.1, 0.15) is 6.42 Å². The van der Waals surface area contributed by atoms with Gasteiger partial charge in [-0.1, -0.05) is 0 Å². The monoisotopic (exact) mass is 270 g/mol. The molecule has 5 heteroatoms. The molecule has 0 saturated heterocycles. The maximum atomic E-state index is 12.9. The molecule has 1 rings (SSSR count). The molecular formula is C14H23FN2O2. The third-order valence-electron chi connectivity index (χ3n) is 2.76. The zero-order chi connectivity index (χ0) is 13.9. The zero-order valence-corrected chi connectivity index (χ0v) is 11.5. The van der Waals surface area contributed by atoms with Gasteiger partial charge in [0, 0.05) is 25.9 Å². The van der Waals surface area contributed by atoms with Gasteiger partial charge in [0.2, 0.25) is 0 Å². The van der Waals surface area contributed by atoms with Crippen molar-refractivity contribution >= 4 is 5.69 Å². The minimum Gasteiger partial charge on any atom is -0.382 e. The summed E-state index contributed by atoms with van der Waals surface area (Å²) in [6.45, 7) is 4.04. The Labute approximate surface area is 114 Å². The number of hydrogen-bond acceptors (Lipinski definition) is 4. The van der Waals surface area contributed by atoms with Gasteiger partial charge in [0.1, 0.15) is 5.82 Å². The van der Waals surface area contributed by atoms with E-state index in [1.165, 1.54) is 12.1 Å². The van der Waals surface area contributed by atoms with Crippen LogP contribution in [0, 0.1) is 5.82 Å². The first kappa shape index (κ1) is 15.9. The molecule has 108 valence electrons. The minimum atomic E-state index is -0.223. The summed E-state index contributed by atoms with van der Waals surface area (Å²) in [5.41, 5.74) is 6.53. The number of rotatable bonds is 10. The van der Waals surface area contributed by atoms with Crippen molar-refractivity contribution in [3.63, 3.8) is 0 Å². The van der Waals surface area contributed by atoms with Crippen LogP contribution in [0.2, 0.25) is 0 Å². The van der Waals surface area contributed by atoms with Crippen LogP contribution in [0.15, 0.2) is 24.3 Å². The van der Waals surface area contributed by atoms with E-state index in [1.807, 2.05) is 0 Å². The molecule has 0 aliphatic heterocycles. The molecule has 0 aromatic heterocycles. The first-order valence-electron chi connectivity index (χ1n) is 6.55. The van der Waals surface area contributed by atoms with Crippen molar-refractivity contribution in [1.82, 2.24) is 0 Å². The Morgan fingerprint density at radius 2 is 1.84 bits per heavy atom. The second-order valence-electron chi connectivity index (χ2n) is 4.21. The van der Waals surface area contributed by atoms with E-state index < -0.39 is 0 Å². The molecule has 0 amide bonds. The predicted octanol–water partition coefficient (Wildman–Crippen LogP) is 1.64. The second-order valence-corrected chi connectivity index (χ2v) is 4.21. The SMILES string of the molecule is COCCOCCN(CCCN)c1ccc(F)cc1. The third-order valence-corrected chi connectivity index (χ3v) is 2.76. The van der Waals surface area contributed by atoms with Gasteiger partial charge >= 0.3 is 0 Å². The number of nitrogens with two attached hydrogens (primary N) is 1. The lowest BCUT2D eigenvalue weighted by atomic mass is 10.2. The molecule has 0 unspecified atom stereocenters. The van der Waals surface area contributed by atoms with Gasteiger partial charge in [-0.15, -0.1) is 0 Å². The van der Waals surface area contributed by atoms with Crippen LogP contribution in [0.5, 0.6) is 0 Å². The molecule has 0 bridgehead atoms. The quantitative estimate of drug-likeness (QED) is 0.657. The summed E-state index contributed by atoms with van der Waals surface area (Å²) in [6.07, 6.45) is 0.898. The second kappa shape index (κ2) is 9.72. The number of anilines is 1. The molecule has 2 N–H and O–H groups in total.